The number of fused-ring (bicyclic) bond motifs is 2. The Kier molecular flexibility index (Phi) is 3.09. The van der Waals surface area contributed by atoms with Gasteiger partial charge in [-0.2, -0.15) is 39.5 Å². The summed E-state index contributed by atoms with van der Waals surface area (Å²) in [7, 11) is 0. The van der Waals surface area contributed by atoms with Gasteiger partial charge < -0.3 is 4.90 Å². The predicted octanol–water partition coefficient (Wildman–Crippen LogP) is 3.20. The van der Waals surface area contributed by atoms with Crippen LogP contribution in [0.25, 0.3) is 0 Å². The van der Waals surface area contributed by atoms with Crippen molar-refractivity contribution >= 4 is 5.91 Å². The van der Waals surface area contributed by atoms with Gasteiger partial charge in [0.1, 0.15) is 0 Å². The number of carbonyl (C=O) groups excluding carboxylic acids is 1. The number of halogens is 9. The standard InChI is InChI=1S/C10H6F9NO/c11-8(12,13)6(21)20-5-2-1-4(3-5)7(20,9(14,15)16)10(17,18)19/h1-2,4-5H,3H2. The molecule has 21 heavy (non-hydrogen) atoms. The van der Waals surface area contributed by atoms with Crippen molar-refractivity contribution in [3.05, 3.63) is 12.2 Å². The van der Waals surface area contributed by atoms with E-state index < -0.39 is 53.3 Å². The number of hydrogen-bond donors (Lipinski definition) is 0. The minimum Gasteiger partial charge on any atom is -0.306 e. The Hall–Kier alpha value is -1.42. The lowest BCUT2D eigenvalue weighted by atomic mass is 9.83. The Morgan fingerprint density at radius 1 is 0.952 bits per heavy atom. The molecule has 0 radical (unpaired) electrons. The molecule has 2 rings (SSSR count). The van der Waals surface area contributed by atoms with Gasteiger partial charge in [-0.05, 0) is 6.42 Å². The van der Waals surface area contributed by atoms with E-state index in [-0.39, 0.29) is 0 Å². The van der Waals surface area contributed by atoms with Crippen molar-refractivity contribution in [2.45, 2.75) is 36.5 Å². The largest absolute Gasteiger partial charge is 0.471 e. The molecular formula is C10H6F9NO. The van der Waals surface area contributed by atoms with Gasteiger partial charge in [0.2, 0.25) is 5.54 Å². The zero-order valence-corrected chi connectivity index (χ0v) is 9.77. The van der Waals surface area contributed by atoms with E-state index in [1.54, 1.807) is 0 Å². The van der Waals surface area contributed by atoms with Crippen LogP contribution in [-0.2, 0) is 4.79 Å². The first kappa shape index (κ1) is 16.0. The minimum absolute atomic E-state index is 0.561. The van der Waals surface area contributed by atoms with Crippen molar-refractivity contribution in [2.24, 2.45) is 5.92 Å². The third kappa shape index (κ3) is 1.92. The highest BCUT2D eigenvalue weighted by molar-refractivity contribution is 5.84. The molecule has 120 valence electrons. The maximum absolute atomic E-state index is 13.1. The van der Waals surface area contributed by atoms with Gasteiger partial charge in [-0.3, -0.25) is 4.79 Å². The van der Waals surface area contributed by atoms with Crippen LogP contribution >= 0.6 is 0 Å². The molecule has 0 N–H and O–H groups in total. The highest BCUT2D eigenvalue weighted by atomic mass is 19.4. The van der Waals surface area contributed by atoms with Crippen LogP contribution in [0.4, 0.5) is 39.5 Å². The number of hydrogen-bond acceptors (Lipinski definition) is 1. The van der Waals surface area contributed by atoms with Crippen molar-refractivity contribution in [2.75, 3.05) is 0 Å². The molecule has 0 spiro atoms. The first-order valence-electron chi connectivity index (χ1n) is 5.47. The first-order valence-corrected chi connectivity index (χ1v) is 5.47. The lowest BCUT2D eigenvalue weighted by Gasteiger charge is -2.46. The Morgan fingerprint density at radius 3 is 1.81 bits per heavy atom. The van der Waals surface area contributed by atoms with Crippen LogP contribution in [-0.4, -0.2) is 40.9 Å². The Bertz CT molecular complexity index is 472. The fraction of sp³-hybridized carbons (Fsp3) is 0.700. The number of nitrogens with zero attached hydrogens (tertiary/aromatic N) is 1. The van der Waals surface area contributed by atoms with E-state index in [1.165, 1.54) is 0 Å². The molecule has 2 aliphatic rings. The molecule has 0 aromatic rings. The highest BCUT2D eigenvalue weighted by Gasteiger charge is 2.82. The minimum atomic E-state index is -6.09. The van der Waals surface area contributed by atoms with Gasteiger partial charge in [0, 0.05) is 5.92 Å². The summed E-state index contributed by atoms with van der Waals surface area (Å²) in [6.45, 7) is 0. The van der Waals surface area contributed by atoms with Gasteiger partial charge in [0.25, 0.3) is 0 Å². The van der Waals surface area contributed by atoms with E-state index in [4.69, 9.17) is 0 Å². The predicted molar refractivity (Wildman–Crippen MR) is 48.8 cm³/mol. The molecule has 2 bridgehead atoms. The molecule has 2 nitrogen and oxygen atoms in total. The number of rotatable bonds is 0. The van der Waals surface area contributed by atoms with Crippen molar-refractivity contribution in [1.29, 1.82) is 0 Å². The summed E-state index contributed by atoms with van der Waals surface area (Å²) in [5, 5.41) is 0. The quantitative estimate of drug-likeness (QED) is 0.494. The molecule has 1 aliphatic heterocycles. The monoisotopic (exact) mass is 327 g/mol. The molecule has 1 aliphatic carbocycles. The smallest absolute Gasteiger partial charge is 0.306 e. The summed E-state index contributed by atoms with van der Waals surface area (Å²) in [5.74, 6) is -5.43. The van der Waals surface area contributed by atoms with Gasteiger partial charge in [-0.15, -0.1) is 0 Å². The summed E-state index contributed by atoms with van der Waals surface area (Å²) in [6.07, 6.45) is -17.5. The van der Waals surface area contributed by atoms with Crippen LogP contribution in [0.2, 0.25) is 0 Å². The summed E-state index contributed by atoms with van der Waals surface area (Å²) < 4.78 is 116. The van der Waals surface area contributed by atoms with E-state index >= 15 is 0 Å². The first-order chi connectivity index (χ1) is 9.24. The molecule has 11 heteroatoms. The van der Waals surface area contributed by atoms with Crippen LogP contribution < -0.4 is 0 Å². The van der Waals surface area contributed by atoms with Crippen LogP contribution in [0.1, 0.15) is 6.42 Å². The van der Waals surface area contributed by atoms with Crippen molar-refractivity contribution < 1.29 is 44.3 Å². The van der Waals surface area contributed by atoms with Crippen LogP contribution in [0, 0.1) is 5.92 Å². The number of alkyl halides is 9. The van der Waals surface area contributed by atoms with Gasteiger partial charge in [-0.1, -0.05) is 12.2 Å². The van der Waals surface area contributed by atoms with E-state index in [2.05, 4.69) is 0 Å². The SMILES string of the molecule is O=C(N1C2C=CC(C2)C1(C(F)(F)F)C(F)(F)F)C(F)(F)F. The molecular weight excluding hydrogens is 321 g/mol. The molecule has 1 heterocycles. The maximum atomic E-state index is 13.1. The fourth-order valence-electron chi connectivity index (χ4n) is 2.92. The van der Waals surface area contributed by atoms with E-state index in [0.29, 0.717) is 6.08 Å². The number of carbonyl (C=O) groups is 1. The lowest BCUT2D eigenvalue weighted by Crippen LogP contribution is -2.71. The summed E-state index contributed by atoms with van der Waals surface area (Å²) >= 11 is 0. The third-order valence-corrected chi connectivity index (χ3v) is 3.63. The highest BCUT2D eigenvalue weighted by Crippen LogP contribution is 2.60. The molecule has 2 atom stereocenters. The lowest BCUT2D eigenvalue weighted by molar-refractivity contribution is -0.342. The van der Waals surface area contributed by atoms with E-state index in [1.807, 2.05) is 0 Å². The zero-order valence-electron chi connectivity index (χ0n) is 9.77. The van der Waals surface area contributed by atoms with Crippen molar-refractivity contribution in [3.8, 4) is 0 Å². The molecule has 1 fully saturated rings. The summed E-state index contributed by atoms with van der Waals surface area (Å²) in [6, 6.07) is -1.88. The average Bonchev–Trinajstić information content (AvgIpc) is 2.81. The summed E-state index contributed by atoms with van der Waals surface area (Å²) in [4.78, 5) is 10.0. The van der Waals surface area contributed by atoms with Gasteiger partial charge in [-0.25, -0.2) is 0 Å². The maximum Gasteiger partial charge on any atom is 0.471 e. The second-order valence-electron chi connectivity index (χ2n) is 4.73. The Morgan fingerprint density at radius 2 is 1.43 bits per heavy atom. The fourth-order valence-corrected chi connectivity index (χ4v) is 2.92. The van der Waals surface area contributed by atoms with E-state index in [0.717, 1.165) is 6.08 Å². The summed E-state index contributed by atoms with van der Waals surface area (Å²) in [5.41, 5.74) is -4.84. The van der Waals surface area contributed by atoms with Gasteiger partial charge in [0.15, 0.2) is 0 Å². The number of likely N-dealkylation sites (tertiary alicyclic amines) is 1. The Balaban J connectivity index is 2.67. The topological polar surface area (TPSA) is 20.3 Å². The van der Waals surface area contributed by atoms with Gasteiger partial charge >= 0.3 is 24.4 Å². The van der Waals surface area contributed by atoms with E-state index in [9.17, 15) is 44.3 Å². The molecule has 2 unspecified atom stereocenters. The van der Waals surface area contributed by atoms with Crippen LogP contribution in [0.3, 0.4) is 0 Å². The van der Waals surface area contributed by atoms with Crippen LogP contribution in [0.15, 0.2) is 12.2 Å². The zero-order chi connectivity index (χ0) is 16.4. The third-order valence-electron chi connectivity index (χ3n) is 3.63. The molecule has 0 aromatic carbocycles. The average molecular weight is 327 g/mol. The van der Waals surface area contributed by atoms with Gasteiger partial charge in [0.05, 0.1) is 6.04 Å². The molecule has 0 aromatic heterocycles. The normalized spacial score (nSPS) is 28.3. The molecule has 0 saturated carbocycles. The molecule has 1 amide bonds. The van der Waals surface area contributed by atoms with Crippen molar-refractivity contribution in [1.82, 2.24) is 4.90 Å². The second-order valence-corrected chi connectivity index (χ2v) is 4.73. The van der Waals surface area contributed by atoms with Crippen molar-refractivity contribution in [3.63, 3.8) is 0 Å². The second kappa shape index (κ2) is 4.07. The Labute approximate surface area is 111 Å². The molecule has 1 saturated heterocycles. The van der Waals surface area contributed by atoms with Crippen LogP contribution in [0.5, 0.6) is 0 Å². The number of amides is 1.